The zero-order valence-electron chi connectivity index (χ0n) is 16.6. The van der Waals surface area contributed by atoms with Gasteiger partial charge in [0.2, 0.25) is 0 Å². The van der Waals surface area contributed by atoms with Crippen LogP contribution in [0.3, 0.4) is 0 Å². The van der Waals surface area contributed by atoms with Gasteiger partial charge in [0.25, 0.3) is 5.91 Å². The van der Waals surface area contributed by atoms with E-state index >= 15 is 0 Å². The van der Waals surface area contributed by atoms with Crippen LogP contribution in [0.1, 0.15) is 40.7 Å². The van der Waals surface area contributed by atoms with Gasteiger partial charge in [-0.2, -0.15) is 0 Å². The predicted octanol–water partition coefficient (Wildman–Crippen LogP) is 3.41. The zero-order chi connectivity index (χ0) is 20.3. The first-order valence-corrected chi connectivity index (χ1v) is 9.68. The van der Waals surface area contributed by atoms with Crippen LogP contribution in [0.25, 0.3) is 0 Å². The molecule has 0 spiro atoms. The quantitative estimate of drug-likeness (QED) is 0.821. The van der Waals surface area contributed by atoms with E-state index in [0.717, 1.165) is 42.5 Å². The highest BCUT2D eigenvalue weighted by Gasteiger charge is 2.27. The van der Waals surface area contributed by atoms with Gasteiger partial charge in [-0.25, -0.2) is 8.78 Å². The van der Waals surface area contributed by atoms with Crippen LogP contribution in [0, 0.1) is 25.5 Å². The summed E-state index contributed by atoms with van der Waals surface area (Å²) in [6.45, 7) is 9.34. The third-order valence-electron chi connectivity index (χ3n) is 5.15. The summed E-state index contributed by atoms with van der Waals surface area (Å²) in [6.07, 6.45) is 0.827. The summed E-state index contributed by atoms with van der Waals surface area (Å²) >= 11 is 0. The van der Waals surface area contributed by atoms with Crippen molar-refractivity contribution in [1.82, 2.24) is 9.88 Å². The van der Waals surface area contributed by atoms with E-state index in [1.165, 1.54) is 12.1 Å². The maximum Gasteiger partial charge on any atom is 0.268 e. The molecule has 7 heteroatoms. The SMILES string of the molecule is CCCNC(=O)c1c(C)c(N2CCOCC2)c(C)n1Cc1ccc(F)cc1F. The third kappa shape index (κ3) is 4.04. The van der Waals surface area contributed by atoms with Crippen molar-refractivity contribution >= 4 is 11.6 Å². The van der Waals surface area contributed by atoms with Gasteiger partial charge in [-0.1, -0.05) is 13.0 Å². The van der Waals surface area contributed by atoms with Gasteiger partial charge < -0.3 is 19.5 Å². The second-order valence-electron chi connectivity index (χ2n) is 7.08. The number of rotatable bonds is 6. The lowest BCUT2D eigenvalue weighted by Crippen LogP contribution is -2.36. The Hall–Kier alpha value is -2.41. The van der Waals surface area contributed by atoms with E-state index in [4.69, 9.17) is 4.74 Å². The molecule has 2 aromatic rings. The van der Waals surface area contributed by atoms with E-state index in [1.807, 2.05) is 25.3 Å². The fourth-order valence-electron chi connectivity index (χ4n) is 3.77. The van der Waals surface area contributed by atoms with E-state index in [0.29, 0.717) is 31.0 Å². The lowest BCUT2D eigenvalue weighted by Gasteiger charge is -2.29. The smallest absolute Gasteiger partial charge is 0.268 e. The molecule has 1 fully saturated rings. The minimum Gasteiger partial charge on any atom is -0.378 e. The van der Waals surface area contributed by atoms with Crippen LogP contribution in [-0.4, -0.2) is 43.3 Å². The number of nitrogens with zero attached hydrogens (tertiary/aromatic N) is 2. The second-order valence-corrected chi connectivity index (χ2v) is 7.08. The monoisotopic (exact) mass is 391 g/mol. The van der Waals surface area contributed by atoms with Gasteiger partial charge >= 0.3 is 0 Å². The Morgan fingerprint density at radius 2 is 1.93 bits per heavy atom. The molecule has 1 N–H and O–H groups in total. The minimum atomic E-state index is -0.614. The first-order chi connectivity index (χ1) is 13.4. The molecule has 1 aromatic heterocycles. The standard InChI is InChI=1S/C21H27F2N3O2/c1-4-7-24-21(27)20-14(2)19(25-8-10-28-11-9-25)15(3)26(20)13-16-5-6-17(22)12-18(16)23/h5-6,12H,4,7-11,13H2,1-3H3,(H,24,27). The van der Waals surface area contributed by atoms with Gasteiger partial charge in [0.15, 0.2) is 0 Å². The zero-order valence-corrected chi connectivity index (χ0v) is 16.6. The number of carbonyl (C=O) groups is 1. The third-order valence-corrected chi connectivity index (χ3v) is 5.15. The molecule has 152 valence electrons. The summed E-state index contributed by atoms with van der Waals surface area (Å²) < 4.78 is 34.9. The average Bonchev–Trinajstić information content (AvgIpc) is 2.92. The van der Waals surface area contributed by atoms with Crippen molar-refractivity contribution < 1.29 is 18.3 Å². The summed E-state index contributed by atoms with van der Waals surface area (Å²) in [5.41, 5.74) is 3.63. The van der Waals surface area contributed by atoms with E-state index in [-0.39, 0.29) is 12.5 Å². The van der Waals surface area contributed by atoms with Crippen LogP contribution in [-0.2, 0) is 11.3 Å². The summed E-state index contributed by atoms with van der Waals surface area (Å²) in [5, 5.41) is 2.93. The minimum absolute atomic E-state index is 0.165. The highest BCUT2D eigenvalue weighted by atomic mass is 19.1. The fourth-order valence-corrected chi connectivity index (χ4v) is 3.77. The van der Waals surface area contributed by atoms with Gasteiger partial charge in [0.1, 0.15) is 17.3 Å². The largest absolute Gasteiger partial charge is 0.378 e. The van der Waals surface area contributed by atoms with E-state index < -0.39 is 11.6 Å². The van der Waals surface area contributed by atoms with Crippen LogP contribution in [0.15, 0.2) is 18.2 Å². The fraction of sp³-hybridized carbons (Fsp3) is 0.476. The van der Waals surface area contributed by atoms with E-state index in [1.54, 1.807) is 0 Å². The van der Waals surface area contributed by atoms with Crippen LogP contribution in [0.2, 0.25) is 0 Å². The summed E-state index contributed by atoms with van der Waals surface area (Å²) in [7, 11) is 0. The first-order valence-electron chi connectivity index (χ1n) is 9.68. The molecule has 1 amide bonds. The number of halogens is 2. The van der Waals surface area contributed by atoms with Crippen molar-refractivity contribution in [2.45, 2.75) is 33.7 Å². The molecule has 2 heterocycles. The Bertz CT molecular complexity index is 858. The molecule has 1 aliphatic heterocycles. The Morgan fingerprint density at radius 3 is 2.57 bits per heavy atom. The molecule has 0 bridgehead atoms. The van der Waals surface area contributed by atoms with Gasteiger partial charge in [-0.3, -0.25) is 4.79 Å². The van der Waals surface area contributed by atoms with Gasteiger partial charge in [0, 0.05) is 42.5 Å². The highest BCUT2D eigenvalue weighted by molar-refractivity contribution is 5.96. The number of benzene rings is 1. The number of hydrogen-bond donors (Lipinski definition) is 1. The maximum atomic E-state index is 14.3. The number of anilines is 1. The molecule has 3 rings (SSSR count). The number of nitrogens with one attached hydrogen (secondary N) is 1. The molecule has 0 atom stereocenters. The Balaban J connectivity index is 2.05. The molecule has 0 radical (unpaired) electrons. The Labute approximate surface area is 164 Å². The van der Waals surface area contributed by atoms with Crippen LogP contribution < -0.4 is 10.2 Å². The molecule has 5 nitrogen and oxygen atoms in total. The summed E-state index contributed by atoms with van der Waals surface area (Å²) in [4.78, 5) is 15.1. The molecule has 28 heavy (non-hydrogen) atoms. The molecule has 0 unspecified atom stereocenters. The summed E-state index contributed by atoms with van der Waals surface area (Å²) in [5.74, 6) is -1.40. The maximum absolute atomic E-state index is 14.3. The Morgan fingerprint density at radius 1 is 1.21 bits per heavy atom. The van der Waals surface area contributed by atoms with Crippen molar-refractivity contribution in [2.75, 3.05) is 37.7 Å². The Kier molecular flexibility index (Phi) is 6.34. The number of hydrogen-bond acceptors (Lipinski definition) is 3. The highest BCUT2D eigenvalue weighted by Crippen LogP contribution is 2.32. The topological polar surface area (TPSA) is 46.5 Å². The number of amides is 1. The molecule has 1 aliphatic rings. The first kappa shape index (κ1) is 20.3. The van der Waals surface area contributed by atoms with Gasteiger partial charge in [-0.05, 0) is 26.3 Å². The molecule has 0 saturated carbocycles. The van der Waals surface area contributed by atoms with Gasteiger partial charge in [0.05, 0.1) is 25.4 Å². The number of ether oxygens (including phenoxy) is 1. The van der Waals surface area contributed by atoms with Crippen molar-refractivity contribution in [3.8, 4) is 0 Å². The van der Waals surface area contributed by atoms with E-state index in [9.17, 15) is 13.6 Å². The lowest BCUT2D eigenvalue weighted by molar-refractivity contribution is 0.0944. The van der Waals surface area contributed by atoms with Crippen molar-refractivity contribution in [3.05, 3.63) is 52.3 Å². The number of carbonyl (C=O) groups excluding carboxylic acids is 1. The molecule has 0 aliphatic carbocycles. The van der Waals surface area contributed by atoms with Gasteiger partial charge in [-0.15, -0.1) is 0 Å². The van der Waals surface area contributed by atoms with Crippen LogP contribution in [0.4, 0.5) is 14.5 Å². The molecular formula is C21H27F2N3O2. The van der Waals surface area contributed by atoms with Crippen molar-refractivity contribution in [3.63, 3.8) is 0 Å². The lowest BCUT2D eigenvalue weighted by atomic mass is 10.1. The molecule has 1 aromatic carbocycles. The van der Waals surface area contributed by atoms with Crippen molar-refractivity contribution in [1.29, 1.82) is 0 Å². The van der Waals surface area contributed by atoms with Crippen LogP contribution in [0.5, 0.6) is 0 Å². The number of morpholine rings is 1. The van der Waals surface area contributed by atoms with E-state index in [2.05, 4.69) is 10.2 Å². The predicted molar refractivity (Wildman–Crippen MR) is 105 cm³/mol. The second kappa shape index (κ2) is 8.73. The van der Waals surface area contributed by atoms with Crippen molar-refractivity contribution in [2.24, 2.45) is 0 Å². The normalized spacial score (nSPS) is 14.4. The van der Waals surface area contributed by atoms with Crippen LogP contribution >= 0.6 is 0 Å². The average molecular weight is 391 g/mol. The number of aromatic nitrogens is 1. The molecule has 1 saturated heterocycles. The molecular weight excluding hydrogens is 364 g/mol. The summed E-state index contributed by atoms with van der Waals surface area (Å²) in [6, 6.07) is 3.55.